The average molecular weight is 697 g/mol. The van der Waals surface area contributed by atoms with E-state index < -0.39 is 11.7 Å². The van der Waals surface area contributed by atoms with Gasteiger partial charge in [-0.25, -0.2) is 0 Å². The van der Waals surface area contributed by atoms with Gasteiger partial charge in [0.2, 0.25) is 0 Å². The standard InChI is InChI=1S/C45H76O5/c1-8-9-10-11-12-13-14-15-16-17-18-19-20-21-22-29-43(47)50-41-34-39(5)44(48)40(35-41)32-30-37(3)27-23-25-36(2)26-24-28-38(4)31-33-42(46)45(6,7)49/h25,28,30,34-35,42,46,48-49H,8-24,26-27,29,31-33H2,1-7H3/b36-25+,37-30+,38-28+/t42-/m1/s1. The number of hydrogen-bond donors (Lipinski definition) is 3. The molecule has 0 aliphatic heterocycles. The molecule has 0 saturated heterocycles. The predicted octanol–water partition coefficient (Wildman–Crippen LogP) is 12.7. The lowest BCUT2D eigenvalue weighted by molar-refractivity contribution is -0.134. The first-order valence-corrected chi connectivity index (χ1v) is 20.2. The van der Waals surface area contributed by atoms with Crippen LogP contribution in [0, 0.1) is 6.92 Å². The molecule has 0 unspecified atom stereocenters. The first-order chi connectivity index (χ1) is 23.8. The Morgan fingerprint density at radius 1 is 0.720 bits per heavy atom. The van der Waals surface area contributed by atoms with Gasteiger partial charge in [0, 0.05) is 12.0 Å². The summed E-state index contributed by atoms with van der Waals surface area (Å²) in [6.07, 6.45) is 31.8. The summed E-state index contributed by atoms with van der Waals surface area (Å²) in [6.45, 7) is 13.8. The maximum atomic E-state index is 12.6. The van der Waals surface area contributed by atoms with Crippen LogP contribution in [0.1, 0.15) is 194 Å². The van der Waals surface area contributed by atoms with Gasteiger partial charge in [-0.15, -0.1) is 0 Å². The fraction of sp³-hybridized carbons (Fsp3) is 0.711. The van der Waals surface area contributed by atoms with E-state index in [0.29, 0.717) is 25.0 Å². The number of ether oxygens (including phenoxy) is 1. The molecule has 5 nitrogen and oxygen atoms in total. The monoisotopic (exact) mass is 697 g/mol. The molecule has 0 fully saturated rings. The molecule has 0 aromatic heterocycles. The molecule has 0 spiro atoms. The summed E-state index contributed by atoms with van der Waals surface area (Å²) in [5.41, 5.74) is 4.32. The van der Waals surface area contributed by atoms with Crippen molar-refractivity contribution in [1.82, 2.24) is 0 Å². The molecule has 1 aromatic rings. The number of carbonyl (C=O) groups is 1. The molecular weight excluding hydrogens is 620 g/mol. The van der Waals surface area contributed by atoms with Gasteiger partial charge in [-0.3, -0.25) is 4.79 Å². The predicted molar refractivity (Wildman–Crippen MR) is 213 cm³/mol. The second-order valence-corrected chi connectivity index (χ2v) is 15.6. The van der Waals surface area contributed by atoms with Crippen LogP contribution in [0.2, 0.25) is 0 Å². The molecule has 0 aliphatic rings. The van der Waals surface area contributed by atoms with Crippen molar-refractivity contribution >= 4 is 5.97 Å². The number of unbranched alkanes of at least 4 members (excludes halogenated alkanes) is 14. The van der Waals surface area contributed by atoms with Crippen LogP contribution in [-0.4, -0.2) is 33.0 Å². The number of phenols is 1. The Bertz CT molecular complexity index is 1150. The molecular formula is C45H76O5. The SMILES string of the molecule is CCCCCCCCCCCCCCCCCC(=O)Oc1cc(C)c(O)c(C/C=C(\C)CC/C=C(\C)CC/C=C(\C)CC[C@@H](O)C(C)(C)O)c1. The third-order valence-corrected chi connectivity index (χ3v) is 9.93. The van der Waals surface area contributed by atoms with Crippen molar-refractivity contribution in [1.29, 1.82) is 0 Å². The Hall–Kier alpha value is -2.37. The van der Waals surface area contributed by atoms with E-state index in [1.807, 2.05) is 6.92 Å². The molecule has 0 saturated carbocycles. The van der Waals surface area contributed by atoms with Crippen molar-refractivity contribution in [3.8, 4) is 11.5 Å². The van der Waals surface area contributed by atoms with Gasteiger partial charge in [0.15, 0.2) is 0 Å². The van der Waals surface area contributed by atoms with Gasteiger partial charge in [0.05, 0.1) is 11.7 Å². The number of aliphatic hydroxyl groups excluding tert-OH is 1. The second kappa shape index (κ2) is 27.3. The van der Waals surface area contributed by atoms with Gasteiger partial charge >= 0.3 is 5.97 Å². The van der Waals surface area contributed by atoms with Crippen LogP contribution in [0.15, 0.2) is 47.1 Å². The summed E-state index contributed by atoms with van der Waals surface area (Å²) in [4.78, 5) is 12.6. The fourth-order valence-electron chi connectivity index (χ4n) is 6.25. The highest BCUT2D eigenvalue weighted by atomic mass is 16.5. The number of phenolic OH excluding ortho intramolecular Hbond substituents is 1. The zero-order chi connectivity index (χ0) is 37.2. The van der Waals surface area contributed by atoms with E-state index in [1.54, 1.807) is 26.0 Å². The molecule has 0 heterocycles. The van der Waals surface area contributed by atoms with Gasteiger partial charge in [0.25, 0.3) is 0 Å². The van der Waals surface area contributed by atoms with E-state index in [-0.39, 0.29) is 11.7 Å². The van der Waals surface area contributed by atoms with Crippen molar-refractivity contribution in [3.05, 3.63) is 58.2 Å². The maximum Gasteiger partial charge on any atom is 0.311 e. The summed E-state index contributed by atoms with van der Waals surface area (Å²) in [5.74, 6) is 0.591. The molecule has 1 aromatic carbocycles. The van der Waals surface area contributed by atoms with E-state index in [1.165, 1.54) is 100 Å². The number of carbonyl (C=O) groups excluding carboxylic acids is 1. The first-order valence-electron chi connectivity index (χ1n) is 20.2. The lowest BCUT2D eigenvalue weighted by atomic mass is 9.95. The number of aliphatic hydroxyl groups is 2. The van der Waals surface area contributed by atoms with E-state index in [9.17, 15) is 20.1 Å². The van der Waals surface area contributed by atoms with Gasteiger partial charge in [-0.2, -0.15) is 0 Å². The van der Waals surface area contributed by atoms with Crippen LogP contribution in [-0.2, 0) is 11.2 Å². The van der Waals surface area contributed by atoms with Crippen LogP contribution < -0.4 is 4.74 Å². The number of aryl methyl sites for hydroxylation is 1. The Balaban J connectivity index is 2.32. The summed E-state index contributed by atoms with van der Waals surface area (Å²) in [7, 11) is 0. The summed E-state index contributed by atoms with van der Waals surface area (Å²) in [5, 5.41) is 30.6. The van der Waals surface area contributed by atoms with Crippen LogP contribution >= 0.6 is 0 Å². The Morgan fingerprint density at radius 2 is 1.18 bits per heavy atom. The van der Waals surface area contributed by atoms with Gasteiger partial charge in [-0.1, -0.05) is 132 Å². The highest BCUT2D eigenvalue weighted by Gasteiger charge is 2.23. The van der Waals surface area contributed by atoms with Crippen molar-refractivity contribution in [2.24, 2.45) is 0 Å². The minimum atomic E-state index is -1.06. The van der Waals surface area contributed by atoms with Crippen molar-refractivity contribution in [2.45, 2.75) is 208 Å². The normalized spacial score (nSPS) is 13.6. The van der Waals surface area contributed by atoms with Crippen molar-refractivity contribution in [2.75, 3.05) is 0 Å². The van der Waals surface area contributed by atoms with Crippen LogP contribution in [0.25, 0.3) is 0 Å². The Kier molecular flexibility index (Phi) is 24.9. The average Bonchev–Trinajstić information content (AvgIpc) is 3.05. The topological polar surface area (TPSA) is 87.0 Å². The van der Waals surface area contributed by atoms with E-state index in [2.05, 4.69) is 45.9 Å². The maximum absolute atomic E-state index is 12.6. The molecule has 0 bridgehead atoms. The largest absolute Gasteiger partial charge is 0.507 e. The van der Waals surface area contributed by atoms with E-state index >= 15 is 0 Å². The molecule has 0 amide bonds. The Morgan fingerprint density at radius 3 is 1.68 bits per heavy atom. The molecule has 3 N–H and O–H groups in total. The number of rotatable bonds is 29. The van der Waals surface area contributed by atoms with Crippen molar-refractivity contribution < 1.29 is 24.9 Å². The highest BCUT2D eigenvalue weighted by Crippen LogP contribution is 2.29. The van der Waals surface area contributed by atoms with Gasteiger partial charge < -0.3 is 20.1 Å². The smallest absolute Gasteiger partial charge is 0.311 e. The summed E-state index contributed by atoms with van der Waals surface area (Å²) in [6, 6.07) is 3.56. The molecule has 5 heteroatoms. The lowest BCUT2D eigenvalue weighted by Crippen LogP contribution is -2.35. The van der Waals surface area contributed by atoms with Gasteiger partial charge in [-0.05, 0) is 111 Å². The molecule has 1 rings (SSSR count). The van der Waals surface area contributed by atoms with Crippen molar-refractivity contribution in [3.63, 3.8) is 0 Å². The van der Waals surface area contributed by atoms with Crippen LogP contribution in [0.5, 0.6) is 11.5 Å². The van der Waals surface area contributed by atoms with Gasteiger partial charge in [0.1, 0.15) is 11.5 Å². The minimum absolute atomic E-state index is 0.195. The van der Waals surface area contributed by atoms with Crippen LogP contribution in [0.4, 0.5) is 0 Å². The quantitative estimate of drug-likeness (QED) is 0.0336. The molecule has 0 aliphatic carbocycles. The number of esters is 1. The Labute approximate surface area is 307 Å². The number of hydrogen-bond acceptors (Lipinski definition) is 5. The number of benzene rings is 1. The number of aromatic hydroxyl groups is 1. The molecule has 286 valence electrons. The third-order valence-electron chi connectivity index (χ3n) is 9.93. The molecule has 0 radical (unpaired) electrons. The fourth-order valence-corrected chi connectivity index (χ4v) is 6.25. The second-order valence-electron chi connectivity index (χ2n) is 15.6. The third kappa shape index (κ3) is 23.2. The minimum Gasteiger partial charge on any atom is -0.507 e. The summed E-state index contributed by atoms with van der Waals surface area (Å²) >= 11 is 0. The number of allylic oxidation sites excluding steroid dienone is 6. The first kappa shape index (κ1) is 45.7. The molecule has 1 atom stereocenters. The summed E-state index contributed by atoms with van der Waals surface area (Å²) < 4.78 is 5.69. The van der Waals surface area contributed by atoms with E-state index in [4.69, 9.17) is 4.74 Å². The van der Waals surface area contributed by atoms with Crippen LogP contribution in [0.3, 0.4) is 0 Å². The molecule has 50 heavy (non-hydrogen) atoms. The highest BCUT2D eigenvalue weighted by molar-refractivity contribution is 5.72. The van der Waals surface area contributed by atoms with E-state index in [0.717, 1.165) is 56.1 Å². The zero-order valence-corrected chi connectivity index (χ0v) is 33.4. The lowest BCUT2D eigenvalue weighted by Gasteiger charge is -2.24. The zero-order valence-electron chi connectivity index (χ0n) is 33.4.